The van der Waals surface area contributed by atoms with Gasteiger partial charge in [0.2, 0.25) is 0 Å². The molecule has 0 saturated carbocycles. The van der Waals surface area contributed by atoms with Crippen LogP contribution in [-0.4, -0.2) is 28.0 Å². The molecule has 8 heteroatoms. The van der Waals surface area contributed by atoms with Gasteiger partial charge in [0.1, 0.15) is 6.54 Å². The molecule has 0 spiro atoms. The molecule has 0 radical (unpaired) electrons. The summed E-state index contributed by atoms with van der Waals surface area (Å²) in [7, 11) is 0. The lowest BCUT2D eigenvalue weighted by Gasteiger charge is -2.08. The molecular weight excluding hydrogens is 370 g/mol. The van der Waals surface area contributed by atoms with Crippen LogP contribution >= 0.6 is 11.6 Å². The van der Waals surface area contributed by atoms with Gasteiger partial charge >= 0.3 is 5.97 Å². The first-order valence-corrected chi connectivity index (χ1v) is 8.51. The highest BCUT2D eigenvalue weighted by Crippen LogP contribution is 2.10. The zero-order valence-corrected chi connectivity index (χ0v) is 15.0. The number of ether oxygens (including phenoxy) is 1. The van der Waals surface area contributed by atoms with E-state index in [2.05, 4.69) is 10.3 Å². The normalized spacial score (nSPS) is 10.6. The highest BCUT2D eigenvalue weighted by molar-refractivity contribution is 6.30. The molecule has 0 bridgehead atoms. The van der Waals surface area contributed by atoms with Crippen LogP contribution in [0.5, 0.6) is 0 Å². The zero-order chi connectivity index (χ0) is 19.2. The molecule has 7 nitrogen and oxygen atoms in total. The number of carbonyl (C=O) groups is 2. The van der Waals surface area contributed by atoms with Gasteiger partial charge in [-0.15, -0.1) is 0 Å². The zero-order valence-electron chi connectivity index (χ0n) is 14.2. The van der Waals surface area contributed by atoms with Gasteiger partial charge in [-0.2, -0.15) is 0 Å². The number of aromatic nitrogens is 2. The van der Waals surface area contributed by atoms with Crippen LogP contribution in [0, 0.1) is 0 Å². The van der Waals surface area contributed by atoms with Crippen LogP contribution in [0.1, 0.15) is 5.56 Å². The molecule has 1 heterocycles. The Labute approximate surface area is 159 Å². The molecule has 1 N–H and O–H groups in total. The van der Waals surface area contributed by atoms with Crippen LogP contribution in [0.2, 0.25) is 5.02 Å². The molecule has 3 rings (SSSR count). The number of rotatable bonds is 6. The van der Waals surface area contributed by atoms with E-state index in [0.717, 1.165) is 10.1 Å². The van der Waals surface area contributed by atoms with E-state index in [0.29, 0.717) is 15.9 Å². The molecule has 0 atom stereocenters. The van der Waals surface area contributed by atoms with Gasteiger partial charge in [-0.25, -0.2) is 4.98 Å². The smallest absolute Gasteiger partial charge is 0.326 e. The SMILES string of the molecule is O=C(COC(=O)Cn1cnc2ccccc2c1=O)NCc1cccc(Cl)c1. The quantitative estimate of drug-likeness (QED) is 0.654. The first-order chi connectivity index (χ1) is 13.0. The van der Waals surface area contributed by atoms with E-state index in [1.807, 2.05) is 6.07 Å². The molecule has 0 aliphatic carbocycles. The van der Waals surface area contributed by atoms with Crippen LogP contribution in [0.4, 0.5) is 0 Å². The Morgan fingerprint density at radius 1 is 1.15 bits per heavy atom. The first kappa shape index (κ1) is 18.6. The molecule has 0 saturated heterocycles. The van der Waals surface area contributed by atoms with Crippen molar-refractivity contribution in [2.75, 3.05) is 6.61 Å². The summed E-state index contributed by atoms with van der Waals surface area (Å²) < 4.78 is 6.07. The number of carbonyl (C=O) groups excluding carboxylic acids is 2. The lowest BCUT2D eigenvalue weighted by molar-refractivity contribution is -0.149. The molecule has 27 heavy (non-hydrogen) atoms. The Kier molecular flexibility index (Phi) is 5.83. The first-order valence-electron chi connectivity index (χ1n) is 8.14. The van der Waals surface area contributed by atoms with Crippen molar-refractivity contribution < 1.29 is 14.3 Å². The Morgan fingerprint density at radius 3 is 2.78 bits per heavy atom. The summed E-state index contributed by atoms with van der Waals surface area (Å²) in [5, 5.41) is 3.61. The summed E-state index contributed by atoms with van der Waals surface area (Å²) >= 11 is 5.87. The largest absolute Gasteiger partial charge is 0.454 e. The monoisotopic (exact) mass is 385 g/mol. The Hall–Kier alpha value is -3.19. The maximum Gasteiger partial charge on any atom is 0.326 e. The van der Waals surface area contributed by atoms with E-state index in [4.69, 9.17) is 16.3 Å². The van der Waals surface area contributed by atoms with Gasteiger partial charge in [-0.05, 0) is 29.8 Å². The second kappa shape index (κ2) is 8.46. The third kappa shape index (κ3) is 4.92. The van der Waals surface area contributed by atoms with Crippen molar-refractivity contribution in [3.05, 3.63) is 75.8 Å². The summed E-state index contributed by atoms with van der Waals surface area (Å²) in [4.78, 5) is 40.2. The standard InChI is InChI=1S/C19H16ClN3O4/c20-14-5-3-4-13(8-14)9-21-17(24)11-27-18(25)10-23-12-22-16-7-2-1-6-15(16)19(23)26/h1-8,12H,9-11H2,(H,21,24). The highest BCUT2D eigenvalue weighted by atomic mass is 35.5. The van der Waals surface area contributed by atoms with Crippen LogP contribution in [0.15, 0.2) is 59.7 Å². The van der Waals surface area contributed by atoms with Gasteiger partial charge in [0, 0.05) is 11.6 Å². The summed E-state index contributed by atoms with van der Waals surface area (Å²) in [6.45, 7) is -0.488. The van der Waals surface area contributed by atoms with Crippen molar-refractivity contribution in [3.63, 3.8) is 0 Å². The molecule has 0 fully saturated rings. The van der Waals surface area contributed by atoms with Crippen molar-refractivity contribution in [1.82, 2.24) is 14.9 Å². The summed E-state index contributed by atoms with van der Waals surface area (Å²) in [5.74, 6) is -1.15. The van der Waals surface area contributed by atoms with Crippen molar-refractivity contribution in [3.8, 4) is 0 Å². The number of esters is 1. The third-order valence-corrected chi connectivity index (χ3v) is 4.01. The number of fused-ring (bicyclic) bond motifs is 1. The minimum absolute atomic E-state index is 0.269. The number of para-hydroxylation sites is 1. The lowest BCUT2D eigenvalue weighted by atomic mass is 10.2. The van der Waals surface area contributed by atoms with E-state index in [-0.39, 0.29) is 18.6 Å². The predicted molar refractivity (Wildman–Crippen MR) is 100 cm³/mol. The molecule has 3 aromatic rings. The maximum absolute atomic E-state index is 12.3. The Balaban J connectivity index is 1.51. The minimum atomic E-state index is -0.702. The highest BCUT2D eigenvalue weighted by Gasteiger charge is 2.11. The van der Waals surface area contributed by atoms with Crippen LogP contribution in [0.3, 0.4) is 0 Å². The van der Waals surface area contributed by atoms with E-state index in [1.54, 1.807) is 42.5 Å². The van der Waals surface area contributed by atoms with Gasteiger partial charge in [0.25, 0.3) is 11.5 Å². The van der Waals surface area contributed by atoms with E-state index >= 15 is 0 Å². The average Bonchev–Trinajstić information content (AvgIpc) is 2.67. The molecular formula is C19H16ClN3O4. The molecule has 0 aliphatic heterocycles. The number of hydrogen-bond donors (Lipinski definition) is 1. The summed E-state index contributed by atoms with van der Waals surface area (Å²) in [6, 6.07) is 13.9. The Bertz CT molecular complexity index is 1050. The number of halogens is 1. The topological polar surface area (TPSA) is 90.3 Å². The van der Waals surface area contributed by atoms with Crippen molar-refractivity contribution in [2.45, 2.75) is 13.1 Å². The second-order valence-electron chi connectivity index (χ2n) is 5.76. The number of nitrogens with zero attached hydrogens (tertiary/aromatic N) is 2. The fourth-order valence-electron chi connectivity index (χ4n) is 2.45. The number of benzene rings is 2. The fourth-order valence-corrected chi connectivity index (χ4v) is 2.66. The fraction of sp³-hybridized carbons (Fsp3) is 0.158. The predicted octanol–water partition coefficient (Wildman–Crippen LogP) is 1.91. The molecule has 1 aromatic heterocycles. The van der Waals surface area contributed by atoms with Crippen LogP contribution < -0.4 is 10.9 Å². The van der Waals surface area contributed by atoms with Crippen molar-refractivity contribution in [1.29, 1.82) is 0 Å². The van der Waals surface area contributed by atoms with Crippen LogP contribution in [-0.2, 0) is 27.4 Å². The summed E-state index contributed by atoms with van der Waals surface area (Å²) in [5.41, 5.74) is 1.03. The van der Waals surface area contributed by atoms with E-state index in [1.165, 1.54) is 6.33 Å². The summed E-state index contributed by atoms with van der Waals surface area (Å²) in [6.07, 6.45) is 1.28. The molecule has 0 unspecified atom stereocenters. The minimum Gasteiger partial charge on any atom is -0.454 e. The number of amides is 1. The van der Waals surface area contributed by atoms with E-state index in [9.17, 15) is 14.4 Å². The second-order valence-corrected chi connectivity index (χ2v) is 6.20. The molecule has 138 valence electrons. The van der Waals surface area contributed by atoms with Gasteiger partial charge in [0.15, 0.2) is 6.61 Å². The van der Waals surface area contributed by atoms with E-state index < -0.39 is 18.5 Å². The van der Waals surface area contributed by atoms with Crippen molar-refractivity contribution in [2.24, 2.45) is 0 Å². The maximum atomic E-state index is 12.3. The molecule has 1 amide bonds. The van der Waals surface area contributed by atoms with Gasteiger partial charge in [-0.1, -0.05) is 35.9 Å². The molecule has 2 aromatic carbocycles. The Morgan fingerprint density at radius 2 is 1.96 bits per heavy atom. The molecule has 0 aliphatic rings. The van der Waals surface area contributed by atoms with Gasteiger partial charge in [-0.3, -0.25) is 19.0 Å². The van der Waals surface area contributed by atoms with Crippen molar-refractivity contribution >= 4 is 34.4 Å². The van der Waals surface area contributed by atoms with Crippen LogP contribution in [0.25, 0.3) is 10.9 Å². The van der Waals surface area contributed by atoms with Gasteiger partial charge in [0.05, 0.1) is 17.2 Å². The number of nitrogens with one attached hydrogen (secondary N) is 1. The third-order valence-electron chi connectivity index (χ3n) is 3.77. The lowest BCUT2D eigenvalue weighted by Crippen LogP contribution is -2.31. The van der Waals surface area contributed by atoms with Gasteiger partial charge < -0.3 is 10.1 Å². The average molecular weight is 386 g/mol. The number of hydrogen-bond acceptors (Lipinski definition) is 5.